The topological polar surface area (TPSA) is 16.1 Å². The van der Waals surface area contributed by atoms with Crippen molar-refractivity contribution in [3.05, 3.63) is 108 Å². The van der Waals surface area contributed by atoms with E-state index in [4.69, 9.17) is 0 Å². The van der Waals surface area contributed by atoms with Crippen LogP contribution in [0.3, 0.4) is 0 Å². The highest BCUT2D eigenvalue weighted by molar-refractivity contribution is 5.61. The minimum atomic E-state index is -0.244. The molecule has 1 fully saturated rings. The zero-order valence-electron chi connectivity index (χ0n) is 16.3. The van der Waals surface area contributed by atoms with Gasteiger partial charge in [0, 0.05) is 36.0 Å². The monoisotopic (exact) mass is 382 g/mol. The molecule has 0 saturated carbocycles. The molecule has 0 aliphatic carbocycles. The second kappa shape index (κ2) is 7.32. The number of benzene rings is 2. The molecular formula is C26H23FN2. The average molecular weight is 382 g/mol. The molecule has 0 amide bonds. The van der Waals surface area contributed by atoms with Crippen LogP contribution < -0.4 is 0 Å². The van der Waals surface area contributed by atoms with Crippen LogP contribution in [0.25, 0.3) is 17.3 Å². The van der Waals surface area contributed by atoms with Crippen molar-refractivity contribution < 1.29 is 4.39 Å². The Morgan fingerprint density at radius 1 is 1.07 bits per heavy atom. The zero-order valence-corrected chi connectivity index (χ0v) is 16.3. The molecule has 0 spiro atoms. The average Bonchev–Trinajstić information content (AvgIpc) is 3.12. The van der Waals surface area contributed by atoms with E-state index >= 15 is 0 Å². The fraction of sp³-hybridized carbons (Fsp3) is 0.192. The van der Waals surface area contributed by atoms with Gasteiger partial charge in [0.25, 0.3) is 0 Å². The molecule has 3 aromatic rings. The van der Waals surface area contributed by atoms with Gasteiger partial charge in [-0.1, -0.05) is 61.2 Å². The summed E-state index contributed by atoms with van der Waals surface area (Å²) >= 11 is 0. The van der Waals surface area contributed by atoms with Gasteiger partial charge in [0.15, 0.2) is 0 Å². The van der Waals surface area contributed by atoms with E-state index in [1.807, 2.05) is 24.4 Å². The first kappa shape index (κ1) is 17.9. The molecule has 3 heterocycles. The summed E-state index contributed by atoms with van der Waals surface area (Å²) in [7, 11) is 0. The lowest BCUT2D eigenvalue weighted by molar-refractivity contribution is 0.248. The Labute approximate surface area is 171 Å². The van der Waals surface area contributed by atoms with E-state index in [1.54, 1.807) is 6.07 Å². The summed E-state index contributed by atoms with van der Waals surface area (Å²) in [6.07, 6.45) is 8.56. The van der Waals surface area contributed by atoms with Gasteiger partial charge in [-0.15, -0.1) is 0 Å². The molecule has 5 rings (SSSR count). The molecule has 3 heteroatoms. The second-order valence-electron chi connectivity index (χ2n) is 7.87. The van der Waals surface area contributed by atoms with E-state index in [1.165, 1.54) is 29.0 Å². The van der Waals surface area contributed by atoms with Crippen molar-refractivity contribution in [1.29, 1.82) is 0 Å². The van der Waals surface area contributed by atoms with Gasteiger partial charge in [-0.2, -0.15) is 0 Å². The van der Waals surface area contributed by atoms with Gasteiger partial charge in [0.2, 0.25) is 0 Å². The standard InChI is InChI=1S/C26H23FN2/c1-18-9-14-26-24(23-8-3-2-5-21(23)17-29(18)26)12-10-19-11-13-25(28-16-19)20-6-4-7-22(27)15-20/h2-8,10-13,15-16,24,26H,1,9,14,17H2/b12-10+/t24?,26-/m1/s1. The van der Waals surface area contributed by atoms with Gasteiger partial charge in [0.1, 0.15) is 5.82 Å². The first-order valence-corrected chi connectivity index (χ1v) is 10.1. The van der Waals surface area contributed by atoms with Crippen molar-refractivity contribution in [2.24, 2.45) is 0 Å². The van der Waals surface area contributed by atoms with E-state index in [-0.39, 0.29) is 5.82 Å². The van der Waals surface area contributed by atoms with Gasteiger partial charge in [-0.25, -0.2) is 4.39 Å². The number of fused-ring (bicyclic) bond motifs is 2. The molecule has 29 heavy (non-hydrogen) atoms. The predicted molar refractivity (Wildman–Crippen MR) is 116 cm³/mol. The maximum atomic E-state index is 13.5. The highest BCUT2D eigenvalue weighted by atomic mass is 19.1. The highest BCUT2D eigenvalue weighted by Crippen LogP contribution is 2.43. The van der Waals surface area contributed by atoms with Gasteiger partial charge in [-0.3, -0.25) is 4.98 Å². The van der Waals surface area contributed by atoms with Crippen molar-refractivity contribution in [2.45, 2.75) is 31.3 Å². The molecule has 2 atom stereocenters. The van der Waals surface area contributed by atoms with Crippen LogP contribution in [0, 0.1) is 5.82 Å². The van der Waals surface area contributed by atoms with Crippen LogP contribution in [0.4, 0.5) is 4.39 Å². The number of aromatic nitrogens is 1. The molecule has 1 saturated heterocycles. The normalized spacial score (nSPS) is 20.7. The lowest BCUT2D eigenvalue weighted by Gasteiger charge is -2.39. The van der Waals surface area contributed by atoms with E-state index in [9.17, 15) is 4.39 Å². The lowest BCUT2D eigenvalue weighted by Crippen LogP contribution is -2.37. The van der Waals surface area contributed by atoms with Crippen LogP contribution in [0.15, 0.2) is 85.2 Å². The SMILES string of the molecule is C=C1CC[C@@H]2C(/C=C/c3ccc(-c4cccc(F)c4)nc3)c3ccccc3CN12. The Morgan fingerprint density at radius 3 is 2.79 bits per heavy atom. The fourth-order valence-corrected chi connectivity index (χ4v) is 4.61. The summed E-state index contributed by atoms with van der Waals surface area (Å²) in [5.41, 5.74) is 6.69. The van der Waals surface area contributed by atoms with Crippen LogP contribution in [0.1, 0.15) is 35.4 Å². The molecule has 1 unspecified atom stereocenters. The first-order chi connectivity index (χ1) is 14.2. The van der Waals surface area contributed by atoms with E-state index in [2.05, 4.69) is 52.9 Å². The number of hydrogen-bond acceptors (Lipinski definition) is 2. The van der Waals surface area contributed by atoms with Crippen LogP contribution in [-0.4, -0.2) is 15.9 Å². The van der Waals surface area contributed by atoms with Crippen LogP contribution in [-0.2, 0) is 6.54 Å². The molecule has 0 radical (unpaired) electrons. The fourth-order valence-electron chi connectivity index (χ4n) is 4.61. The van der Waals surface area contributed by atoms with E-state index < -0.39 is 0 Å². The van der Waals surface area contributed by atoms with Crippen LogP contribution in [0.2, 0.25) is 0 Å². The lowest BCUT2D eigenvalue weighted by atomic mass is 9.83. The van der Waals surface area contributed by atoms with Gasteiger partial charge in [0.05, 0.1) is 5.69 Å². The van der Waals surface area contributed by atoms with Crippen LogP contribution in [0.5, 0.6) is 0 Å². The summed E-state index contributed by atoms with van der Waals surface area (Å²) in [6.45, 7) is 5.24. The van der Waals surface area contributed by atoms with Gasteiger partial charge in [-0.05, 0) is 47.7 Å². The molecule has 2 aromatic carbocycles. The Hall–Kier alpha value is -3.20. The quantitative estimate of drug-likeness (QED) is 0.538. The van der Waals surface area contributed by atoms with Crippen LogP contribution >= 0.6 is 0 Å². The molecule has 2 aliphatic rings. The smallest absolute Gasteiger partial charge is 0.123 e. The molecule has 0 bridgehead atoms. The number of pyridine rings is 1. The van der Waals surface area contributed by atoms with Crippen molar-refractivity contribution in [1.82, 2.24) is 9.88 Å². The van der Waals surface area contributed by atoms with Crippen molar-refractivity contribution in [3.63, 3.8) is 0 Å². The third-order valence-electron chi connectivity index (χ3n) is 6.11. The minimum Gasteiger partial charge on any atom is -0.367 e. The molecule has 2 aliphatic heterocycles. The minimum absolute atomic E-state index is 0.244. The van der Waals surface area contributed by atoms with Crippen molar-refractivity contribution in [2.75, 3.05) is 0 Å². The summed E-state index contributed by atoms with van der Waals surface area (Å²) in [6, 6.07) is 19.8. The third-order valence-corrected chi connectivity index (χ3v) is 6.11. The number of halogens is 1. The number of rotatable bonds is 3. The van der Waals surface area contributed by atoms with E-state index in [0.717, 1.165) is 36.2 Å². The molecular weight excluding hydrogens is 359 g/mol. The number of allylic oxidation sites excluding steroid dienone is 1. The van der Waals surface area contributed by atoms with Gasteiger partial charge >= 0.3 is 0 Å². The Bertz CT molecular complexity index is 1080. The summed E-state index contributed by atoms with van der Waals surface area (Å²) in [5.74, 6) is 0.106. The largest absolute Gasteiger partial charge is 0.367 e. The Morgan fingerprint density at radius 2 is 1.97 bits per heavy atom. The Balaban J connectivity index is 1.42. The first-order valence-electron chi connectivity index (χ1n) is 10.1. The van der Waals surface area contributed by atoms with Crippen molar-refractivity contribution >= 4 is 6.08 Å². The summed E-state index contributed by atoms with van der Waals surface area (Å²) in [5, 5.41) is 0. The second-order valence-corrected chi connectivity index (χ2v) is 7.87. The molecule has 1 aromatic heterocycles. The molecule has 144 valence electrons. The predicted octanol–water partition coefficient (Wildman–Crippen LogP) is 6.18. The maximum absolute atomic E-state index is 13.5. The van der Waals surface area contributed by atoms with Crippen molar-refractivity contribution in [3.8, 4) is 11.3 Å². The molecule has 0 N–H and O–H groups in total. The zero-order chi connectivity index (χ0) is 19.8. The van der Waals surface area contributed by atoms with Gasteiger partial charge < -0.3 is 4.90 Å². The highest BCUT2D eigenvalue weighted by Gasteiger charge is 2.37. The number of nitrogens with zero attached hydrogens (tertiary/aromatic N) is 2. The number of hydrogen-bond donors (Lipinski definition) is 0. The molecule has 2 nitrogen and oxygen atoms in total. The third kappa shape index (κ3) is 3.38. The Kier molecular flexibility index (Phi) is 4.51. The van der Waals surface area contributed by atoms with E-state index in [0.29, 0.717) is 12.0 Å². The summed E-state index contributed by atoms with van der Waals surface area (Å²) in [4.78, 5) is 7.01. The maximum Gasteiger partial charge on any atom is 0.123 e. The summed E-state index contributed by atoms with van der Waals surface area (Å²) < 4.78 is 13.5.